The number of carbonyl (C=O) groups is 1. The molecule has 0 aliphatic rings. The van der Waals surface area contributed by atoms with Crippen LogP contribution in [0.15, 0.2) is 65.9 Å². The Morgan fingerprint density at radius 3 is 2.54 bits per heavy atom. The number of hydrogen-bond donors (Lipinski definition) is 3. The van der Waals surface area contributed by atoms with E-state index in [1.807, 2.05) is 0 Å². The van der Waals surface area contributed by atoms with Crippen LogP contribution < -0.4 is 10.2 Å². The SMILES string of the molecule is C=CC(c1ccc(Br)cc1)S(=O)(=O)NC(Cc1cccnc1)C(=O)NO. The normalized spacial score (nSPS) is 13.6. The third kappa shape index (κ3) is 5.21. The molecule has 0 saturated heterocycles. The predicted molar refractivity (Wildman–Crippen MR) is 101 cm³/mol. The lowest BCUT2D eigenvalue weighted by Gasteiger charge is -2.21. The average Bonchev–Trinajstić information content (AvgIpc) is 2.63. The van der Waals surface area contributed by atoms with Crippen molar-refractivity contribution in [2.24, 2.45) is 0 Å². The van der Waals surface area contributed by atoms with Crippen LogP contribution in [0.3, 0.4) is 0 Å². The number of hydrogen-bond acceptors (Lipinski definition) is 5. The van der Waals surface area contributed by atoms with Crippen molar-refractivity contribution >= 4 is 31.9 Å². The van der Waals surface area contributed by atoms with Gasteiger partial charge in [-0.25, -0.2) is 18.6 Å². The predicted octanol–water partition coefficient (Wildman–Crippen LogP) is 2.11. The van der Waals surface area contributed by atoms with Gasteiger partial charge in [0.25, 0.3) is 5.91 Å². The molecule has 1 aromatic carbocycles. The molecule has 0 aliphatic carbocycles. The van der Waals surface area contributed by atoms with Crippen molar-refractivity contribution in [2.45, 2.75) is 17.7 Å². The molecule has 2 atom stereocenters. The monoisotopic (exact) mass is 439 g/mol. The quantitative estimate of drug-likeness (QED) is 0.331. The van der Waals surface area contributed by atoms with Gasteiger partial charge in [0.15, 0.2) is 0 Å². The van der Waals surface area contributed by atoms with Crippen LogP contribution in [0.4, 0.5) is 0 Å². The van der Waals surface area contributed by atoms with Gasteiger partial charge in [-0.15, -0.1) is 6.58 Å². The molecule has 2 unspecified atom stereocenters. The molecule has 1 amide bonds. The van der Waals surface area contributed by atoms with E-state index in [0.29, 0.717) is 11.1 Å². The number of sulfonamides is 1. The Morgan fingerprint density at radius 1 is 1.31 bits per heavy atom. The van der Waals surface area contributed by atoms with Gasteiger partial charge in [-0.3, -0.25) is 15.0 Å². The van der Waals surface area contributed by atoms with Crippen LogP contribution in [0, 0.1) is 0 Å². The van der Waals surface area contributed by atoms with Crippen molar-refractivity contribution in [3.05, 3.63) is 77.0 Å². The first kappa shape index (κ1) is 20.2. The third-order valence-electron chi connectivity index (χ3n) is 3.64. The fourth-order valence-electron chi connectivity index (χ4n) is 2.39. The van der Waals surface area contributed by atoms with Gasteiger partial charge in [-0.1, -0.05) is 40.2 Å². The number of pyridine rings is 1. The summed E-state index contributed by atoms with van der Waals surface area (Å²) < 4.78 is 28.7. The highest BCUT2D eigenvalue weighted by molar-refractivity contribution is 9.10. The van der Waals surface area contributed by atoms with Gasteiger partial charge in [0.1, 0.15) is 11.3 Å². The average molecular weight is 440 g/mol. The zero-order valence-corrected chi connectivity index (χ0v) is 16.1. The van der Waals surface area contributed by atoms with Gasteiger partial charge in [0.05, 0.1) is 0 Å². The summed E-state index contributed by atoms with van der Waals surface area (Å²) in [6.07, 6.45) is 4.40. The fraction of sp³-hybridized carbons (Fsp3) is 0.176. The second-order valence-corrected chi connectivity index (χ2v) is 8.21. The molecule has 2 rings (SSSR count). The van der Waals surface area contributed by atoms with Crippen molar-refractivity contribution in [1.82, 2.24) is 15.2 Å². The molecule has 0 aliphatic heterocycles. The summed E-state index contributed by atoms with van der Waals surface area (Å²) >= 11 is 3.30. The number of nitrogens with zero attached hydrogens (tertiary/aromatic N) is 1. The number of aromatic nitrogens is 1. The first-order valence-electron chi connectivity index (χ1n) is 7.59. The maximum absolute atomic E-state index is 12.8. The summed E-state index contributed by atoms with van der Waals surface area (Å²) in [5, 5.41) is 7.89. The summed E-state index contributed by atoms with van der Waals surface area (Å²) in [4.78, 5) is 15.9. The highest BCUT2D eigenvalue weighted by Crippen LogP contribution is 2.25. The number of amides is 1. The summed E-state index contributed by atoms with van der Waals surface area (Å²) in [5.41, 5.74) is 2.64. The maximum Gasteiger partial charge on any atom is 0.261 e. The molecule has 1 aromatic heterocycles. The number of hydroxylamine groups is 1. The Morgan fingerprint density at radius 2 is 2.00 bits per heavy atom. The minimum Gasteiger partial charge on any atom is -0.289 e. The van der Waals surface area contributed by atoms with Crippen LogP contribution >= 0.6 is 15.9 Å². The van der Waals surface area contributed by atoms with Crippen molar-refractivity contribution in [1.29, 1.82) is 0 Å². The molecule has 0 fully saturated rings. The van der Waals surface area contributed by atoms with Gasteiger partial charge in [-0.2, -0.15) is 0 Å². The molecule has 3 N–H and O–H groups in total. The highest BCUT2D eigenvalue weighted by Gasteiger charge is 2.30. The second-order valence-electron chi connectivity index (χ2n) is 5.46. The zero-order valence-electron chi connectivity index (χ0n) is 13.7. The van der Waals surface area contributed by atoms with Crippen LogP contribution in [0.1, 0.15) is 16.4 Å². The van der Waals surface area contributed by atoms with E-state index in [1.54, 1.807) is 42.6 Å². The van der Waals surface area contributed by atoms with Crippen molar-refractivity contribution < 1.29 is 18.4 Å². The number of nitrogens with one attached hydrogen (secondary N) is 2. The molecule has 138 valence electrons. The Bertz CT molecular complexity index is 857. The summed E-state index contributed by atoms with van der Waals surface area (Å²) in [7, 11) is -3.99. The third-order valence-corrected chi connectivity index (χ3v) is 5.92. The molecule has 0 radical (unpaired) electrons. The molecule has 26 heavy (non-hydrogen) atoms. The summed E-state index contributed by atoms with van der Waals surface area (Å²) in [6, 6.07) is 8.91. The molecular weight excluding hydrogens is 422 g/mol. The second kappa shape index (κ2) is 9.04. The maximum atomic E-state index is 12.8. The van der Waals surface area contributed by atoms with Crippen molar-refractivity contribution in [2.75, 3.05) is 0 Å². The Balaban J connectivity index is 2.27. The number of benzene rings is 1. The first-order chi connectivity index (χ1) is 12.4. The van der Waals surface area contributed by atoms with Crippen LogP contribution in [0.25, 0.3) is 0 Å². The van der Waals surface area contributed by atoms with Gasteiger partial charge in [-0.05, 0) is 35.7 Å². The van der Waals surface area contributed by atoms with Crippen molar-refractivity contribution in [3.63, 3.8) is 0 Å². The molecular formula is C17H18BrN3O4S. The number of carbonyl (C=O) groups excluding carboxylic acids is 1. The van der Waals surface area contributed by atoms with E-state index in [9.17, 15) is 13.2 Å². The summed E-state index contributed by atoms with van der Waals surface area (Å²) in [6.45, 7) is 3.59. The molecule has 0 spiro atoms. The minimum absolute atomic E-state index is 0.0314. The summed E-state index contributed by atoms with van der Waals surface area (Å²) in [5.74, 6) is -0.865. The van der Waals surface area contributed by atoms with E-state index in [-0.39, 0.29) is 6.42 Å². The van der Waals surface area contributed by atoms with E-state index in [4.69, 9.17) is 5.21 Å². The fourth-order valence-corrected chi connectivity index (χ4v) is 4.15. The van der Waals surface area contributed by atoms with E-state index >= 15 is 0 Å². The minimum atomic E-state index is -3.99. The Labute approximate surface area is 160 Å². The Hall–Kier alpha value is -2.07. The van der Waals surface area contributed by atoms with Crippen LogP contribution in [0.2, 0.25) is 0 Å². The van der Waals surface area contributed by atoms with Crippen LogP contribution in [-0.4, -0.2) is 30.6 Å². The lowest BCUT2D eigenvalue weighted by molar-refractivity contribution is -0.130. The smallest absolute Gasteiger partial charge is 0.261 e. The van der Waals surface area contributed by atoms with E-state index in [1.165, 1.54) is 17.8 Å². The number of halogens is 1. The highest BCUT2D eigenvalue weighted by atomic mass is 79.9. The van der Waals surface area contributed by atoms with E-state index < -0.39 is 27.2 Å². The van der Waals surface area contributed by atoms with Gasteiger partial charge in [0, 0.05) is 16.9 Å². The zero-order chi connectivity index (χ0) is 19.2. The largest absolute Gasteiger partial charge is 0.289 e. The first-order valence-corrected chi connectivity index (χ1v) is 9.93. The molecule has 0 saturated carbocycles. The van der Waals surface area contributed by atoms with Crippen LogP contribution in [0.5, 0.6) is 0 Å². The van der Waals surface area contributed by atoms with E-state index in [2.05, 4.69) is 32.2 Å². The molecule has 1 heterocycles. The van der Waals surface area contributed by atoms with Gasteiger partial charge in [0.2, 0.25) is 10.0 Å². The molecule has 2 aromatic rings. The number of rotatable bonds is 8. The van der Waals surface area contributed by atoms with Crippen molar-refractivity contribution in [3.8, 4) is 0 Å². The molecule has 9 heteroatoms. The molecule has 0 bridgehead atoms. The van der Waals surface area contributed by atoms with Gasteiger partial charge < -0.3 is 0 Å². The lowest BCUT2D eigenvalue weighted by atomic mass is 10.1. The standard InChI is InChI=1S/C17H18BrN3O4S/c1-2-16(13-5-7-14(18)8-6-13)26(24,25)21-15(17(22)20-23)10-12-4-3-9-19-11-12/h2-9,11,15-16,21,23H,1,10H2,(H,20,22). The van der Waals surface area contributed by atoms with Crippen LogP contribution in [-0.2, 0) is 21.2 Å². The molecule has 7 nitrogen and oxygen atoms in total. The Kier molecular flexibility index (Phi) is 7.04. The lowest BCUT2D eigenvalue weighted by Crippen LogP contribution is -2.48. The van der Waals surface area contributed by atoms with Gasteiger partial charge >= 0.3 is 0 Å². The topological polar surface area (TPSA) is 108 Å². The van der Waals surface area contributed by atoms with E-state index in [0.717, 1.165) is 4.47 Å².